The Morgan fingerprint density at radius 1 is 0.824 bits per heavy atom. The molecular weight excluding hydrogens is 431 g/mol. The Kier molecular flexibility index (Phi) is 6.45. The number of benzene rings is 2. The molecule has 0 aliphatic carbocycles. The summed E-state index contributed by atoms with van der Waals surface area (Å²) in [7, 11) is 2.15. The van der Waals surface area contributed by atoms with E-state index < -0.39 is 0 Å². The van der Waals surface area contributed by atoms with Crippen LogP contribution in [0.3, 0.4) is 0 Å². The molecule has 2 aromatic heterocycles. The van der Waals surface area contributed by atoms with Gasteiger partial charge in [0.05, 0.1) is 11.0 Å². The van der Waals surface area contributed by atoms with E-state index in [0.29, 0.717) is 13.2 Å². The Balaban J connectivity index is 0.000000145. The number of pyridine rings is 2. The Hall–Kier alpha value is -3.45. The highest BCUT2D eigenvalue weighted by Crippen LogP contribution is 2.36. The molecule has 0 atom stereocenters. The van der Waals surface area contributed by atoms with E-state index in [1.165, 1.54) is 12.1 Å². The van der Waals surface area contributed by atoms with Crippen molar-refractivity contribution in [1.82, 2.24) is 14.9 Å². The fourth-order valence-electron chi connectivity index (χ4n) is 4.35. The fraction of sp³-hybridized carbons (Fsp3) is 0.333. The summed E-state index contributed by atoms with van der Waals surface area (Å²) in [6.07, 6.45) is 1.15. The summed E-state index contributed by atoms with van der Waals surface area (Å²) in [4.78, 5) is 13.8. The molecule has 0 spiro atoms. The van der Waals surface area contributed by atoms with E-state index in [0.717, 1.165) is 77.4 Å². The molecule has 2 aliphatic rings. The van der Waals surface area contributed by atoms with E-state index in [4.69, 9.17) is 9.47 Å². The van der Waals surface area contributed by atoms with Gasteiger partial charge in [0.15, 0.2) is 11.5 Å². The predicted octanol–water partition coefficient (Wildman–Crippen LogP) is 4.83. The maximum Gasteiger partial charge on any atom is 0.170 e. The first-order valence-corrected chi connectivity index (χ1v) is 11.7. The largest absolute Gasteiger partial charge is 0.486 e. The van der Waals surface area contributed by atoms with Crippen molar-refractivity contribution in [2.75, 3.05) is 51.3 Å². The third-order valence-electron chi connectivity index (χ3n) is 6.19. The Labute approximate surface area is 198 Å². The molecule has 2 aromatic carbocycles. The summed E-state index contributed by atoms with van der Waals surface area (Å²) in [6.45, 7) is 7.44. The van der Waals surface area contributed by atoms with Gasteiger partial charge in [0.1, 0.15) is 24.8 Å². The lowest BCUT2D eigenvalue weighted by molar-refractivity contribution is 0.174. The van der Waals surface area contributed by atoms with Crippen LogP contribution in [0.15, 0.2) is 54.6 Å². The van der Waals surface area contributed by atoms with Crippen LogP contribution in [0.2, 0.25) is 0 Å². The van der Waals surface area contributed by atoms with Crippen LogP contribution in [0.4, 0.5) is 10.2 Å². The topological polar surface area (TPSA) is 50.7 Å². The van der Waals surface area contributed by atoms with Crippen LogP contribution in [0.5, 0.6) is 11.5 Å². The molecule has 1 fully saturated rings. The number of ether oxygens (including phenoxy) is 2. The predicted molar refractivity (Wildman–Crippen MR) is 133 cm³/mol. The van der Waals surface area contributed by atoms with Crippen molar-refractivity contribution < 1.29 is 13.9 Å². The molecule has 4 heterocycles. The van der Waals surface area contributed by atoms with Gasteiger partial charge < -0.3 is 19.3 Å². The molecule has 0 N–H and O–H groups in total. The van der Waals surface area contributed by atoms with Crippen molar-refractivity contribution in [2.24, 2.45) is 0 Å². The number of nitrogens with zero attached hydrogens (tertiary/aromatic N) is 4. The number of hydrogen-bond donors (Lipinski definition) is 0. The minimum Gasteiger partial charge on any atom is -0.486 e. The number of likely N-dealkylation sites (N-methyl/N-ethyl adjacent to an activating group) is 1. The smallest absolute Gasteiger partial charge is 0.170 e. The van der Waals surface area contributed by atoms with Crippen LogP contribution in [0, 0.1) is 12.7 Å². The van der Waals surface area contributed by atoms with Crippen molar-refractivity contribution in [3.63, 3.8) is 0 Å². The first kappa shape index (κ1) is 22.3. The van der Waals surface area contributed by atoms with Crippen LogP contribution in [-0.2, 0) is 0 Å². The molecule has 176 valence electrons. The van der Waals surface area contributed by atoms with Crippen molar-refractivity contribution in [3.05, 3.63) is 66.1 Å². The summed E-state index contributed by atoms with van der Waals surface area (Å²) >= 11 is 0. The molecule has 0 bridgehead atoms. The Morgan fingerprint density at radius 2 is 1.68 bits per heavy atom. The first-order chi connectivity index (χ1) is 16.6. The number of hydrogen-bond acceptors (Lipinski definition) is 6. The van der Waals surface area contributed by atoms with Gasteiger partial charge >= 0.3 is 0 Å². The SMILES string of the molecule is CN1CCCN(c2ccc3cc(F)ccc3n2)CC1.Cc1ccc2c3c(ccc2n1)OCCO3. The molecule has 2 aliphatic heterocycles. The van der Waals surface area contributed by atoms with Gasteiger partial charge in [-0.15, -0.1) is 0 Å². The fourth-order valence-corrected chi connectivity index (χ4v) is 4.35. The van der Waals surface area contributed by atoms with Crippen molar-refractivity contribution in [3.8, 4) is 11.5 Å². The number of anilines is 1. The summed E-state index contributed by atoms with van der Waals surface area (Å²) in [5, 5.41) is 1.88. The van der Waals surface area contributed by atoms with Gasteiger partial charge in [-0.25, -0.2) is 9.37 Å². The monoisotopic (exact) mass is 460 g/mol. The molecule has 6 rings (SSSR count). The quantitative estimate of drug-likeness (QED) is 0.406. The van der Waals surface area contributed by atoms with Gasteiger partial charge in [-0.2, -0.15) is 0 Å². The second-order valence-corrected chi connectivity index (χ2v) is 8.76. The van der Waals surface area contributed by atoms with Gasteiger partial charge in [-0.1, -0.05) is 0 Å². The molecule has 34 heavy (non-hydrogen) atoms. The summed E-state index contributed by atoms with van der Waals surface area (Å²) < 4.78 is 24.3. The zero-order valence-corrected chi connectivity index (χ0v) is 19.6. The summed E-state index contributed by atoms with van der Waals surface area (Å²) in [6, 6.07) is 16.6. The van der Waals surface area contributed by atoms with Gasteiger partial charge in [-0.05, 0) is 81.5 Å². The highest BCUT2D eigenvalue weighted by Gasteiger charge is 2.15. The third kappa shape index (κ3) is 4.89. The van der Waals surface area contributed by atoms with Crippen LogP contribution in [-0.4, -0.2) is 61.3 Å². The van der Waals surface area contributed by atoms with Crippen LogP contribution in [0.1, 0.15) is 12.1 Å². The molecule has 4 aromatic rings. The standard InChI is InChI=1S/C15H18FN3.C12H11NO2/c1-18-7-2-8-19(10-9-18)15-6-3-12-11-13(16)4-5-14(12)17-15;1-8-2-3-9-10(13-8)4-5-11-12(9)15-7-6-14-11/h3-6,11H,2,7-10H2,1H3;2-5H,6-7H2,1H3. The zero-order valence-electron chi connectivity index (χ0n) is 19.6. The maximum atomic E-state index is 13.1. The third-order valence-corrected chi connectivity index (χ3v) is 6.19. The molecule has 1 saturated heterocycles. The lowest BCUT2D eigenvalue weighted by Crippen LogP contribution is -2.29. The van der Waals surface area contributed by atoms with Crippen LogP contribution in [0.25, 0.3) is 21.8 Å². The molecular formula is C27H29FN4O2. The average molecular weight is 461 g/mol. The first-order valence-electron chi connectivity index (χ1n) is 11.7. The Morgan fingerprint density at radius 3 is 2.59 bits per heavy atom. The van der Waals surface area contributed by atoms with E-state index in [2.05, 4.69) is 26.8 Å². The summed E-state index contributed by atoms with van der Waals surface area (Å²) in [5.41, 5.74) is 2.83. The van der Waals surface area contributed by atoms with Crippen LogP contribution < -0.4 is 14.4 Å². The number of rotatable bonds is 1. The molecule has 0 radical (unpaired) electrons. The molecule has 0 unspecified atom stereocenters. The average Bonchev–Trinajstić information content (AvgIpc) is 3.08. The second-order valence-electron chi connectivity index (χ2n) is 8.76. The van der Waals surface area contributed by atoms with E-state index in [1.807, 2.05) is 43.3 Å². The highest BCUT2D eigenvalue weighted by atomic mass is 19.1. The second kappa shape index (κ2) is 9.81. The number of aromatic nitrogens is 2. The van der Waals surface area contributed by atoms with Crippen molar-refractivity contribution >= 4 is 27.6 Å². The highest BCUT2D eigenvalue weighted by molar-refractivity contribution is 5.88. The van der Waals surface area contributed by atoms with Gasteiger partial charge in [0.2, 0.25) is 0 Å². The number of aryl methyl sites for hydroxylation is 1. The Bertz CT molecular complexity index is 1310. The normalized spacial score (nSPS) is 16.1. The number of halogens is 1. The molecule has 7 heteroatoms. The lowest BCUT2D eigenvalue weighted by atomic mass is 10.1. The molecule has 0 amide bonds. The molecule has 6 nitrogen and oxygen atoms in total. The van der Waals surface area contributed by atoms with E-state index in [9.17, 15) is 4.39 Å². The van der Waals surface area contributed by atoms with Gasteiger partial charge in [-0.3, -0.25) is 4.98 Å². The van der Waals surface area contributed by atoms with Gasteiger partial charge in [0, 0.05) is 36.1 Å². The maximum absolute atomic E-state index is 13.1. The minimum absolute atomic E-state index is 0.210. The van der Waals surface area contributed by atoms with Crippen molar-refractivity contribution in [2.45, 2.75) is 13.3 Å². The molecule has 0 saturated carbocycles. The van der Waals surface area contributed by atoms with E-state index in [1.54, 1.807) is 6.07 Å². The zero-order chi connectivity index (χ0) is 23.5. The van der Waals surface area contributed by atoms with Crippen molar-refractivity contribution in [1.29, 1.82) is 0 Å². The van der Waals surface area contributed by atoms with Gasteiger partial charge in [0.25, 0.3) is 0 Å². The lowest BCUT2D eigenvalue weighted by Gasteiger charge is -2.21. The van der Waals surface area contributed by atoms with E-state index >= 15 is 0 Å². The minimum atomic E-state index is -0.210. The van der Waals surface area contributed by atoms with E-state index in [-0.39, 0.29) is 5.82 Å². The number of fused-ring (bicyclic) bond motifs is 4. The van der Waals surface area contributed by atoms with Crippen LogP contribution >= 0.6 is 0 Å². The summed E-state index contributed by atoms with van der Waals surface area (Å²) in [5.74, 6) is 2.43.